The molecule has 0 saturated heterocycles. The Bertz CT molecular complexity index is 482. The van der Waals surface area contributed by atoms with Gasteiger partial charge in [-0.3, -0.25) is 0 Å². The molecule has 3 heteroatoms. The van der Waals surface area contributed by atoms with Gasteiger partial charge in [-0.15, -0.1) is 0 Å². The molecule has 1 heterocycles. The first-order valence-electron chi connectivity index (χ1n) is 6.26. The molecule has 0 aliphatic rings. The summed E-state index contributed by atoms with van der Waals surface area (Å²) in [7, 11) is 0. The lowest BCUT2D eigenvalue weighted by molar-refractivity contribution is 0.703. The number of aryl methyl sites for hydroxylation is 1. The van der Waals surface area contributed by atoms with E-state index in [-0.39, 0.29) is 0 Å². The van der Waals surface area contributed by atoms with Crippen molar-refractivity contribution in [2.24, 2.45) is 0 Å². The molecule has 2 rings (SSSR count). The van der Waals surface area contributed by atoms with Crippen molar-refractivity contribution in [2.75, 3.05) is 11.1 Å². The second kappa shape index (κ2) is 6.05. The molecule has 0 spiro atoms. The van der Waals surface area contributed by atoms with Crippen LogP contribution in [0.4, 0.5) is 11.5 Å². The van der Waals surface area contributed by atoms with Crippen LogP contribution in [0.15, 0.2) is 48.7 Å². The predicted molar refractivity (Wildman–Crippen MR) is 76.5 cm³/mol. The van der Waals surface area contributed by atoms with Gasteiger partial charge < -0.3 is 11.1 Å². The molecule has 0 saturated carbocycles. The average Bonchev–Trinajstić information content (AvgIpc) is 2.40. The molecule has 0 fully saturated rings. The van der Waals surface area contributed by atoms with Gasteiger partial charge >= 0.3 is 0 Å². The number of aromatic nitrogens is 1. The molecule has 1 atom stereocenters. The standard InChI is InChI=1S/C15H19N3/c1-12(9-10-13-6-3-2-4-7-13)18-15-14(16)8-5-11-17-15/h2-8,11-12H,9-10,16H2,1H3,(H,17,18). The summed E-state index contributed by atoms with van der Waals surface area (Å²) in [6.45, 7) is 2.15. The number of hydrogen-bond donors (Lipinski definition) is 2. The van der Waals surface area contributed by atoms with E-state index < -0.39 is 0 Å². The summed E-state index contributed by atoms with van der Waals surface area (Å²) in [5, 5.41) is 3.34. The van der Waals surface area contributed by atoms with Crippen LogP contribution in [0.5, 0.6) is 0 Å². The predicted octanol–water partition coefficient (Wildman–Crippen LogP) is 3.10. The van der Waals surface area contributed by atoms with Crippen LogP contribution < -0.4 is 11.1 Å². The normalized spacial score (nSPS) is 12.1. The van der Waals surface area contributed by atoms with E-state index in [9.17, 15) is 0 Å². The van der Waals surface area contributed by atoms with Gasteiger partial charge in [0, 0.05) is 12.2 Å². The molecule has 1 unspecified atom stereocenters. The van der Waals surface area contributed by atoms with Crippen molar-refractivity contribution in [3.63, 3.8) is 0 Å². The Hall–Kier alpha value is -2.03. The number of anilines is 2. The smallest absolute Gasteiger partial charge is 0.149 e. The first kappa shape index (κ1) is 12.4. The molecule has 3 nitrogen and oxygen atoms in total. The molecule has 0 amide bonds. The van der Waals surface area contributed by atoms with Crippen LogP contribution in [-0.4, -0.2) is 11.0 Å². The summed E-state index contributed by atoms with van der Waals surface area (Å²) in [4.78, 5) is 4.24. The zero-order valence-corrected chi connectivity index (χ0v) is 10.6. The summed E-state index contributed by atoms with van der Waals surface area (Å²) in [6, 6.07) is 14.6. The highest BCUT2D eigenvalue weighted by Crippen LogP contribution is 2.15. The van der Waals surface area contributed by atoms with Gasteiger partial charge in [0.15, 0.2) is 0 Å². The maximum absolute atomic E-state index is 5.85. The zero-order valence-electron chi connectivity index (χ0n) is 10.6. The van der Waals surface area contributed by atoms with Gasteiger partial charge in [0.2, 0.25) is 0 Å². The maximum atomic E-state index is 5.85. The second-order valence-electron chi connectivity index (χ2n) is 4.51. The lowest BCUT2D eigenvalue weighted by Gasteiger charge is -2.15. The molecule has 1 aromatic heterocycles. The highest BCUT2D eigenvalue weighted by Gasteiger charge is 2.05. The minimum Gasteiger partial charge on any atom is -0.396 e. The zero-order chi connectivity index (χ0) is 12.8. The van der Waals surface area contributed by atoms with Gasteiger partial charge in [-0.1, -0.05) is 30.3 Å². The highest BCUT2D eigenvalue weighted by molar-refractivity contribution is 5.60. The van der Waals surface area contributed by atoms with Crippen LogP contribution in [-0.2, 0) is 6.42 Å². The third kappa shape index (κ3) is 3.48. The molecule has 2 aromatic rings. The minimum absolute atomic E-state index is 0.349. The van der Waals surface area contributed by atoms with E-state index in [0.717, 1.165) is 18.7 Å². The molecule has 1 aromatic carbocycles. The van der Waals surface area contributed by atoms with E-state index in [0.29, 0.717) is 11.7 Å². The van der Waals surface area contributed by atoms with Crippen LogP contribution in [0.25, 0.3) is 0 Å². The van der Waals surface area contributed by atoms with E-state index in [2.05, 4.69) is 41.5 Å². The molecule has 0 bridgehead atoms. The second-order valence-corrected chi connectivity index (χ2v) is 4.51. The van der Waals surface area contributed by atoms with Crippen LogP contribution in [0, 0.1) is 0 Å². The van der Waals surface area contributed by atoms with E-state index in [1.807, 2.05) is 18.2 Å². The minimum atomic E-state index is 0.349. The Balaban J connectivity index is 1.86. The number of nitrogens with one attached hydrogen (secondary N) is 1. The van der Waals surface area contributed by atoms with Gasteiger partial charge in [-0.05, 0) is 37.5 Å². The molecular formula is C15H19N3. The number of benzene rings is 1. The van der Waals surface area contributed by atoms with E-state index >= 15 is 0 Å². The van der Waals surface area contributed by atoms with E-state index in [4.69, 9.17) is 5.73 Å². The molecule has 0 aliphatic carbocycles. The lowest BCUT2D eigenvalue weighted by atomic mass is 10.1. The third-order valence-electron chi connectivity index (χ3n) is 2.93. The van der Waals surface area contributed by atoms with Crippen LogP contribution in [0.1, 0.15) is 18.9 Å². The van der Waals surface area contributed by atoms with Crippen molar-refractivity contribution in [2.45, 2.75) is 25.8 Å². The Morgan fingerprint density at radius 2 is 1.94 bits per heavy atom. The highest BCUT2D eigenvalue weighted by atomic mass is 15.0. The van der Waals surface area contributed by atoms with Crippen molar-refractivity contribution in [3.05, 3.63) is 54.2 Å². The van der Waals surface area contributed by atoms with Crippen molar-refractivity contribution in [1.29, 1.82) is 0 Å². The van der Waals surface area contributed by atoms with Gasteiger partial charge in [-0.25, -0.2) is 4.98 Å². The lowest BCUT2D eigenvalue weighted by Crippen LogP contribution is -2.17. The van der Waals surface area contributed by atoms with E-state index in [1.165, 1.54) is 5.56 Å². The number of rotatable bonds is 5. The van der Waals surface area contributed by atoms with Crippen molar-refractivity contribution in [1.82, 2.24) is 4.98 Å². The summed E-state index contributed by atoms with van der Waals surface area (Å²) >= 11 is 0. The van der Waals surface area contributed by atoms with Crippen LogP contribution in [0.2, 0.25) is 0 Å². The van der Waals surface area contributed by atoms with Crippen molar-refractivity contribution < 1.29 is 0 Å². The molecule has 3 N–H and O–H groups in total. The number of hydrogen-bond acceptors (Lipinski definition) is 3. The number of nitrogens with two attached hydrogens (primary N) is 1. The SMILES string of the molecule is CC(CCc1ccccc1)Nc1ncccc1N. The largest absolute Gasteiger partial charge is 0.396 e. The Kier molecular flexibility index (Phi) is 4.18. The molecule has 94 valence electrons. The summed E-state index contributed by atoms with van der Waals surface area (Å²) < 4.78 is 0. The van der Waals surface area contributed by atoms with Crippen LogP contribution >= 0.6 is 0 Å². The quantitative estimate of drug-likeness (QED) is 0.845. The van der Waals surface area contributed by atoms with Gasteiger partial charge in [0.25, 0.3) is 0 Å². The first-order chi connectivity index (χ1) is 8.75. The Morgan fingerprint density at radius 1 is 1.17 bits per heavy atom. The Morgan fingerprint density at radius 3 is 2.67 bits per heavy atom. The summed E-state index contributed by atoms with van der Waals surface area (Å²) in [5.74, 6) is 0.776. The fraction of sp³-hybridized carbons (Fsp3) is 0.267. The molecule has 0 aliphatic heterocycles. The monoisotopic (exact) mass is 241 g/mol. The maximum Gasteiger partial charge on any atom is 0.149 e. The Labute approximate surface area is 108 Å². The molecular weight excluding hydrogens is 222 g/mol. The van der Waals surface area contributed by atoms with Crippen molar-refractivity contribution in [3.8, 4) is 0 Å². The number of pyridine rings is 1. The first-order valence-corrected chi connectivity index (χ1v) is 6.26. The van der Waals surface area contributed by atoms with Gasteiger partial charge in [-0.2, -0.15) is 0 Å². The number of nitrogen functional groups attached to an aromatic ring is 1. The van der Waals surface area contributed by atoms with Gasteiger partial charge in [0.1, 0.15) is 5.82 Å². The topological polar surface area (TPSA) is 50.9 Å². The molecule has 18 heavy (non-hydrogen) atoms. The van der Waals surface area contributed by atoms with Gasteiger partial charge in [0.05, 0.1) is 5.69 Å². The average molecular weight is 241 g/mol. The third-order valence-corrected chi connectivity index (χ3v) is 2.93. The van der Waals surface area contributed by atoms with E-state index in [1.54, 1.807) is 6.20 Å². The van der Waals surface area contributed by atoms with Crippen molar-refractivity contribution >= 4 is 11.5 Å². The summed E-state index contributed by atoms with van der Waals surface area (Å²) in [5.41, 5.74) is 7.91. The van der Waals surface area contributed by atoms with Crippen LogP contribution in [0.3, 0.4) is 0 Å². The number of nitrogens with zero attached hydrogens (tertiary/aromatic N) is 1. The molecule has 0 radical (unpaired) electrons. The fourth-order valence-electron chi connectivity index (χ4n) is 1.87. The summed E-state index contributed by atoms with van der Waals surface area (Å²) in [6.07, 6.45) is 3.87. The fourth-order valence-corrected chi connectivity index (χ4v) is 1.87.